The van der Waals surface area contributed by atoms with Crippen LogP contribution < -0.4 is 10.5 Å². The molecule has 0 aliphatic heterocycles. The van der Waals surface area contributed by atoms with Crippen molar-refractivity contribution < 1.29 is 13.9 Å². The molecule has 0 unspecified atom stereocenters. The van der Waals surface area contributed by atoms with Gasteiger partial charge in [-0.25, -0.2) is 9.18 Å². The Morgan fingerprint density at radius 2 is 2.14 bits per heavy atom. The highest BCUT2D eigenvalue weighted by atomic mass is 19.1. The second-order valence-electron chi connectivity index (χ2n) is 3.23. The van der Waals surface area contributed by atoms with Gasteiger partial charge < -0.3 is 10.5 Å². The lowest BCUT2D eigenvalue weighted by molar-refractivity contribution is 0.208. The fourth-order valence-corrected chi connectivity index (χ4v) is 1.19. The lowest BCUT2D eigenvalue weighted by Crippen LogP contribution is -2.18. The topological polar surface area (TPSA) is 52.3 Å². The fraction of sp³-hybridized carbons (Fsp3) is 0.300. The van der Waals surface area contributed by atoms with Crippen LogP contribution in [-0.4, -0.2) is 6.09 Å². The largest absolute Gasteiger partial charge is 0.410 e. The van der Waals surface area contributed by atoms with Crippen LogP contribution in [0, 0.1) is 5.82 Å². The lowest BCUT2D eigenvalue weighted by Gasteiger charge is -2.11. The second-order valence-corrected chi connectivity index (χ2v) is 3.23. The first kappa shape index (κ1) is 10.5. The number of nitrogens with two attached hydrogens (primary N) is 1. The van der Waals surface area contributed by atoms with Crippen LogP contribution in [0.2, 0.25) is 0 Å². The Hall–Kier alpha value is -1.58. The van der Waals surface area contributed by atoms with Gasteiger partial charge in [0.2, 0.25) is 0 Å². The molecule has 1 aromatic rings. The minimum absolute atomic E-state index is 0.0695. The van der Waals surface area contributed by atoms with E-state index in [2.05, 4.69) is 4.74 Å². The van der Waals surface area contributed by atoms with E-state index in [0.29, 0.717) is 5.56 Å². The minimum atomic E-state index is -1.00. The Labute approximate surface area is 81.7 Å². The van der Waals surface area contributed by atoms with E-state index in [1.54, 1.807) is 12.1 Å². The van der Waals surface area contributed by atoms with E-state index in [1.165, 1.54) is 6.07 Å². The van der Waals surface area contributed by atoms with Crippen molar-refractivity contribution >= 4 is 6.09 Å². The third-order valence-corrected chi connectivity index (χ3v) is 1.82. The molecule has 14 heavy (non-hydrogen) atoms. The van der Waals surface area contributed by atoms with Crippen LogP contribution >= 0.6 is 0 Å². The summed E-state index contributed by atoms with van der Waals surface area (Å²) in [5, 5.41) is 0. The Morgan fingerprint density at radius 3 is 2.64 bits per heavy atom. The van der Waals surface area contributed by atoms with Crippen LogP contribution in [-0.2, 0) is 0 Å². The van der Waals surface area contributed by atoms with Gasteiger partial charge >= 0.3 is 6.09 Å². The van der Waals surface area contributed by atoms with Crippen molar-refractivity contribution in [1.29, 1.82) is 0 Å². The Kier molecular flexibility index (Phi) is 3.06. The zero-order valence-corrected chi connectivity index (χ0v) is 8.08. The average Bonchev–Trinajstić information content (AvgIpc) is 2.07. The molecule has 0 saturated carbocycles. The SMILES string of the molecule is CC(C)c1cccc(F)c1OC(N)=O. The van der Waals surface area contributed by atoms with Crippen LogP contribution in [0.25, 0.3) is 0 Å². The number of carbonyl (C=O) groups is 1. The number of para-hydroxylation sites is 1. The maximum Gasteiger partial charge on any atom is 0.410 e. The van der Waals surface area contributed by atoms with E-state index in [9.17, 15) is 9.18 Å². The molecule has 0 bridgehead atoms. The average molecular weight is 197 g/mol. The molecule has 4 heteroatoms. The summed E-state index contributed by atoms with van der Waals surface area (Å²) in [6.45, 7) is 3.76. The zero-order chi connectivity index (χ0) is 10.7. The Balaban J connectivity index is 3.15. The molecule has 0 aliphatic carbocycles. The smallest absolute Gasteiger partial charge is 0.407 e. The molecule has 3 nitrogen and oxygen atoms in total. The predicted octanol–water partition coefficient (Wildman–Crippen LogP) is 2.41. The number of amides is 1. The van der Waals surface area contributed by atoms with E-state index in [4.69, 9.17) is 5.73 Å². The number of rotatable bonds is 2. The van der Waals surface area contributed by atoms with Crippen LogP contribution in [0.3, 0.4) is 0 Å². The zero-order valence-electron chi connectivity index (χ0n) is 8.08. The molecule has 0 saturated heterocycles. The van der Waals surface area contributed by atoms with Gasteiger partial charge in [-0.1, -0.05) is 26.0 Å². The molecule has 0 aliphatic rings. The van der Waals surface area contributed by atoms with Crippen molar-refractivity contribution in [3.8, 4) is 5.75 Å². The maximum absolute atomic E-state index is 13.2. The van der Waals surface area contributed by atoms with Gasteiger partial charge in [0.15, 0.2) is 11.6 Å². The maximum atomic E-state index is 13.2. The van der Waals surface area contributed by atoms with Gasteiger partial charge in [0.1, 0.15) is 0 Å². The van der Waals surface area contributed by atoms with Crippen molar-refractivity contribution in [3.63, 3.8) is 0 Å². The number of hydrogen-bond acceptors (Lipinski definition) is 2. The highest BCUT2D eigenvalue weighted by molar-refractivity contribution is 5.68. The molecule has 1 amide bonds. The first-order valence-corrected chi connectivity index (χ1v) is 4.28. The van der Waals surface area contributed by atoms with E-state index >= 15 is 0 Å². The summed E-state index contributed by atoms with van der Waals surface area (Å²) in [7, 11) is 0. The van der Waals surface area contributed by atoms with Gasteiger partial charge in [-0.2, -0.15) is 0 Å². The number of ether oxygens (including phenoxy) is 1. The van der Waals surface area contributed by atoms with E-state index in [-0.39, 0.29) is 11.7 Å². The highest BCUT2D eigenvalue weighted by Crippen LogP contribution is 2.28. The van der Waals surface area contributed by atoms with Crippen LogP contribution in [0.1, 0.15) is 25.3 Å². The molecule has 0 aromatic heterocycles. The summed E-state index contributed by atoms with van der Waals surface area (Å²) in [5.41, 5.74) is 5.46. The number of carbonyl (C=O) groups excluding carboxylic acids is 1. The summed E-state index contributed by atoms with van der Waals surface area (Å²) in [4.78, 5) is 10.5. The predicted molar refractivity (Wildman–Crippen MR) is 50.7 cm³/mol. The van der Waals surface area contributed by atoms with Crippen LogP contribution in [0.5, 0.6) is 5.75 Å². The third kappa shape index (κ3) is 2.22. The minimum Gasteiger partial charge on any atom is -0.407 e. The first-order valence-electron chi connectivity index (χ1n) is 4.28. The second kappa shape index (κ2) is 4.09. The third-order valence-electron chi connectivity index (χ3n) is 1.82. The van der Waals surface area contributed by atoms with Gasteiger partial charge in [-0.05, 0) is 12.0 Å². The first-order chi connectivity index (χ1) is 6.52. The number of primary amides is 1. The van der Waals surface area contributed by atoms with E-state index < -0.39 is 11.9 Å². The molecule has 1 aromatic carbocycles. The summed E-state index contributed by atoms with van der Waals surface area (Å²) in [6.07, 6.45) is -1.00. The lowest BCUT2D eigenvalue weighted by atomic mass is 10.0. The van der Waals surface area contributed by atoms with Crippen LogP contribution in [0.15, 0.2) is 18.2 Å². The number of hydrogen-bond donors (Lipinski definition) is 1. The number of benzene rings is 1. The Bertz CT molecular complexity index is 350. The van der Waals surface area contributed by atoms with Gasteiger partial charge in [0.05, 0.1) is 0 Å². The van der Waals surface area contributed by atoms with E-state index in [1.807, 2.05) is 13.8 Å². The summed E-state index contributed by atoms with van der Waals surface area (Å²) < 4.78 is 17.8. The number of halogens is 1. The molecule has 0 radical (unpaired) electrons. The van der Waals surface area contributed by atoms with Crippen molar-refractivity contribution in [2.45, 2.75) is 19.8 Å². The normalized spacial score (nSPS) is 10.3. The summed E-state index contributed by atoms with van der Waals surface area (Å²) in [5.74, 6) is -0.579. The monoisotopic (exact) mass is 197 g/mol. The Morgan fingerprint density at radius 1 is 1.50 bits per heavy atom. The van der Waals surface area contributed by atoms with Crippen molar-refractivity contribution in [2.75, 3.05) is 0 Å². The van der Waals surface area contributed by atoms with Gasteiger partial charge in [0, 0.05) is 5.56 Å². The quantitative estimate of drug-likeness (QED) is 0.791. The fourth-order valence-electron chi connectivity index (χ4n) is 1.19. The van der Waals surface area contributed by atoms with Crippen molar-refractivity contribution in [1.82, 2.24) is 0 Å². The molecule has 0 heterocycles. The molecule has 0 fully saturated rings. The van der Waals surface area contributed by atoms with Gasteiger partial charge in [-0.15, -0.1) is 0 Å². The molecule has 0 spiro atoms. The van der Waals surface area contributed by atoms with Crippen molar-refractivity contribution in [2.24, 2.45) is 5.73 Å². The molecule has 2 N–H and O–H groups in total. The van der Waals surface area contributed by atoms with Crippen LogP contribution in [0.4, 0.5) is 9.18 Å². The van der Waals surface area contributed by atoms with Gasteiger partial charge in [-0.3, -0.25) is 0 Å². The van der Waals surface area contributed by atoms with Crippen molar-refractivity contribution in [3.05, 3.63) is 29.6 Å². The molecule has 76 valence electrons. The molecular weight excluding hydrogens is 185 g/mol. The molecular formula is C10H12FNO2. The molecule has 1 rings (SSSR count). The summed E-state index contributed by atoms with van der Waals surface area (Å²) in [6, 6.07) is 4.49. The van der Waals surface area contributed by atoms with Gasteiger partial charge in [0.25, 0.3) is 0 Å². The summed E-state index contributed by atoms with van der Waals surface area (Å²) >= 11 is 0. The standard InChI is InChI=1S/C10H12FNO2/c1-6(2)7-4-3-5-8(11)9(7)14-10(12)13/h3-6H,1-2H3,(H2,12,13). The molecule has 0 atom stereocenters. The highest BCUT2D eigenvalue weighted by Gasteiger charge is 2.14. The van der Waals surface area contributed by atoms with E-state index in [0.717, 1.165) is 0 Å².